The first-order chi connectivity index (χ1) is 10.1. The number of carbonyl (C=O) groups excluding carboxylic acids is 1. The molecule has 0 heterocycles. The van der Waals surface area contributed by atoms with Gasteiger partial charge < -0.3 is 4.79 Å². The molecule has 1 heteroatoms. The van der Waals surface area contributed by atoms with Crippen LogP contribution in [0.15, 0.2) is 12.2 Å². The molecule has 21 heavy (non-hydrogen) atoms. The molecule has 2 unspecified atom stereocenters. The van der Waals surface area contributed by atoms with E-state index in [1.807, 2.05) is 0 Å². The Labute approximate surface area is 129 Å². The molecule has 4 aliphatic rings. The third-order valence-corrected chi connectivity index (χ3v) is 8.22. The molecule has 4 aliphatic carbocycles. The van der Waals surface area contributed by atoms with E-state index in [1.54, 1.807) is 0 Å². The topological polar surface area (TPSA) is 17.1 Å². The Morgan fingerprint density at radius 2 is 1.90 bits per heavy atom. The van der Waals surface area contributed by atoms with Gasteiger partial charge >= 0.3 is 0 Å². The summed E-state index contributed by atoms with van der Waals surface area (Å²) in [4.78, 5) is 11.2. The van der Waals surface area contributed by atoms with E-state index in [4.69, 9.17) is 0 Å². The summed E-state index contributed by atoms with van der Waals surface area (Å²) in [6.07, 6.45) is 16.8. The fourth-order valence-corrected chi connectivity index (χ4v) is 6.90. The molecule has 0 radical (unpaired) electrons. The third-order valence-electron chi connectivity index (χ3n) is 8.22. The Hall–Kier alpha value is -0.590. The molecule has 1 nitrogen and oxygen atoms in total. The van der Waals surface area contributed by atoms with E-state index in [0.717, 1.165) is 30.1 Å². The molecule has 0 saturated heterocycles. The highest BCUT2D eigenvalue weighted by atomic mass is 16.1. The van der Waals surface area contributed by atoms with Gasteiger partial charge in [-0.2, -0.15) is 0 Å². The maximum atomic E-state index is 11.2. The smallest absolute Gasteiger partial charge is 0.123 e. The first-order valence-corrected chi connectivity index (χ1v) is 9.20. The highest BCUT2D eigenvalue weighted by Gasteiger charge is 2.56. The van der Waals surface area contributed by atoms with Gasteiger partial charge in [0.15, 0.2) is 0 Å². The minimum absolute atomic E-state index is 0.363. The summed E-state index contributed by atoms with van der Waals surface area (Å²) in [7, 11) is 0. The molecule has 0 bridgehead atoms. The summed E-state index contributed by atoms with van der Waals surface area (Å²) in [5, 5.41) is 0. The van der Waals surface area contributed by atoms with Crippen LogP contribution in [0.5, 0.6) is 0 Å². The number of rotatable bonds is 1. The number of fused-ring (bicyclic) bond motifs is 5. The summed E-state index contributed by atoms with van der Waals surface area (Å²) < 4.78 is 0. The molecule has 3 fully saturated rings. The minimum Gasteiger partial charge on any atom is -0.303 e. The van der Waals surface area contributed by atoms with E-state index in [2.05, 4.69) is 26.0 Å². The van der Waals surface area contributed by atoms with Gasteiger partial charge in [0.1, 0.15) is 6.29 Å². The molecule has 3 saturated carbocycles. The summed E-state index contributed by atoms with van der Waals surface area (Å²) in [5.41, 5.74) is 1.04. The SMILES string of the molecule is C[C@@]12C=CC[C@H]1[C@@H]1CCC3CC(C=O)CC[C@]3(C)[C@H]1CC2. The summed E-state index contributed by atoms with van der Waals surface area (Å²) in [5.74, 6) is 3.98. The van der Waals surface area contributed by atoms with Gasteiger partial charge in [0, 0.05) is 5.92 Å². The van der Waals surface area contributed by atoms with E-state index >= 15 is 0 Å². The molecule has 0 amide bonds. The molecule has 0 aromatic carbocycles. The zero-order chi connectivity index (χ0) is 14.7. The standard InChI is InChI=1S/C20H30O/c1-19-9-3-4-17(19)16-6-5-15-12-14(13-21)7-11-20(15,2)18(16)8-10-19/h3,9,13-18H,4-8,10-12H2,1-2H3/t14?,15?,16-,17-,18-,19-,20-/m0/s1. The molecule has 116 valence electrons. The zero-order valence-electron chi connectivity index (χ0n) is 13.7. The van der Waals surface area contributed by atoms with Crippen molar-refractivity contribution in [2.24, 2.45) is 40.4 Å². The average Bonchev–Trinajstić information content (AvgIpc) is 2.88. The molecule has 7 atom stereocenters. The maximum Gasteiger partial charge on any atom is 0.123 e. The van der Waals surface area contributed by atoms with Crippen molar-refractivity contribution < 1.29 is 4.79 Å². The fraction of sp³-hybridized carbons (Fsp3) is 0.850. The molecule has 0 N–H and O–H groups in total. The lowest BCUT2D eigenvalue weighted by Crippen LogP contribution is -2.52. The van der Waals surface area contributed by atoms with Gasteiger partial charge in [0.05, 0.1) is 0 Å². The highest BCUT2D eigenvalue weighted by molar-refractivity contribution is 5.53. The number of aldehydes is 1. The van der Waals surface area contributed by atoms with E-state index < -0.39 is 0 Å². The quantitative estimate of drug-likeness (QED) is 0.489. The minimum atomic E-state index is 0.363. The van der Waals surface area contributed by atoms with Gasteiger partial charge in [-0.3, -0.25) is 0 Å². The van der Waals surface area contributed by atoms with Crippen LogP contribution in [-0.4, -0.2) is 6.29 Å². The molecular formula is C20H30O. The van der Waals surface area contributed by atoms with Gasteiger partial charge in [-0.25, -0.2) is 0 Å². The Balaban J connectivity index is 1.60. The summed E-state index contributed by atoms with van der Waals surface area (Å²) in [6.45, 7) is 5.09. The lowest BCUT2D eigenvalue weighted by atomic mass is 9.45. The van der Waals surface area contributed by atoms with Crippen molar-refractivity contribution in [3.05, 3.63) is 12.2 Å². The third kappa shape index (κ3) is 1.92. The first-order valence-electron chi connectivity index (χ1n) is 9.20. The molecule has 0 aromatic heterocycles. The average molecular weight is 286 g/mol. The van der Waals surface area contributed by atoms with Crippen molar-refractivity contribution in [2.45, 2.75) is 65.2 Å². The number of hydrogen-bond acceptors (Lipinski definition) is 1. The van der Waals surface area contributed by atoms with Gasteiger partial charge in [-0.1, -0.05) is 26.0 Å². The van der Waals surface area contributed by atoms with Crippen LogP contribution >= 0.6 is 0 Å². The fourth-order valence-electron chi connectivity index (χ4n) is 6.90. The Morgan fingerprint density at radius 3 is 2.71 bits per heavy atom. The molecular weight excluding hydrogens is 256 g/mol. The van der Waals surface area contributed by atoms with Crippen LogP contribution < -0.4 is 0 Å². The van der Waals surface area contributed by atoms with Crippen molar-refractivity contribution in [1.82, 2.24) is 0 Å². The number of carbonyl (C=O) groups is 1. The normalized spacial score (nSPS) is 55.4. The maximum absolute atomic E-state index is 11.2. The second-order valence-corrected chi connectivity index (χ2v) is 9.01. The van der Waals surface area contributed by atoms with Gasteiger partial charge in [-0.15, -0.1) is 0 Å². The second kappa shape index (κ2) is 4.70. The lowest BCUT2D eigenvalue weighted by molar-refractivity contribution is -0.123. The molecule has 0 aromatic rings. The van der Waals surface area contributed by atoms with Crippen LogP contribution in [0.3, 0.4) is 0 Å². The zero-order valence-corrected chi connectivity index (χ0v) is 13.7. The van der Waals surface area contributed by atoms with Crippen LogP contribution in [0, 0.1) is 40.4 Å². The summed E-state index contributed by atoms with van der Waals surface area (Å²) in [6, 6.07) is 0. The van der Waals surface area contributed by atoms with Crippen LogP contribution in [0.2, 0.25) is 0 Å². The van der Waals surface area contributed by atoms with Crippen molar-refractivity contribution in [3.8, 4) is 0 Å². The monoisotopic (exact) mass is 286 g/mol. The van der Waals surface area contributed by atoms with E-state index in [9.17, 15) is 4.79 Å². The van der Waals surface area contributed by atoms with Crippen LogP contribution in [0.1, 0.15) is 65.2 Å². The van der Waals surface area contributed by atoms with Gasteiger partial charge in [0.25, 0.3) is 0 Å². The lowest BCUT2D eigenvalue weighted by Gasteiger charge is -2.60. The van der Waals surface area contributed by atoms with Crippen LogP contribution in [0.25, 0.3) is 0 Å². The number of allylic oxidation sites excluding steroid dienone is 2. The van der Waals surface area contributed by atoms with Crippen molar-refractivity contribution in [2.75, 3.05) is 0 Å². The number of hydrogen-bond donors (Lipinski definition) is 0. The Morgan fingerprint density at radius 1 is 1.05 bits per heavy atom. The van der Waals surface area contributed by atoms with Gasteiger partial charge in [-0.05, 0) is 85.9 Å². The molecule has 0 aliphatic heterocycles. The van der Waals surface area contributed by atoms with Crippen molar-refractivity contribution >= 4 is 6.29 Å². The van der Waals surface area contributed by atoms with E-state index in [1.165, 1.54) is 51.2 Å². The predicted molar refractivity (Wildman–Crippen MR) is 85.8 cm³/mol. The van der Waals surface area contributed by atoms with E-state index in [-0.39, 0.29) is 0 Å². The van der Waals surface area contributed by atoms with E-state index in [0.29, 0.717) is 16.7 Å². The Bertz CT molecular complexity index is 466. The van der Waals surface area contributed by atoms with Crippen molar-refractivity contribution in [3.63, 3.8) is 0 Å². The highest BCUT2D eigenvalue weighted by Crippen LogP contribution is 2.65. The van der Waals surface area contributed by atoms with Crippen LogP contribution in [0.4, 0.5) is 0 Å². The van der Waals surface area contributed by atoms with Crippen molar-refractivity contribution in [1.29, 1.82) is 0 Å². The Kier molecular flexibility index (Phi) is 3.14. The summed E-state index contributed by atoms with van der Waals surface area (Å²) >= 11 is 0. The molecule has 4 rings (SSSR count). The van der Waals surface area contributed by atoms with Crippen LogP contribution in [-0.2, 0) is 4.79 Å². The van der Waals surface area contributed by atoms with Gasteiger partial charge in [0.2, 0.25) is 0 Å². The molecule has 0 spiro atoms. The largest absolute Gasteiger partial charge is 0.303 e. The first kappa shape index (κ1) is 14.0. The second-order valence-electron chi connectivity index (χ2n) is 9.01. The predicted octanol–water partition coefficient (Wildman–Crippen LogP) is 5.01.